The summed E-state index contributed by atoms with van der Waals surface area (Å²) in [7, 11) is 1.58. The minimum absolute atomic E-state index is 0.162. The van der Waals surface area contributed by atoms with E-state index in [-0.39, 0.29) is 17.7 Å². The van der Waals surface area contributed by atoms with Gasteiger partial charge in [-0.05, 0) is 43.2 Å². The molecule has 4 N–H and O–H groups in total. The van der Waals surface area contributed by atoms with Gasteiger partial charge in [-0.25, -0.2) is 10.9 Å². The number of hydrazine groups is 1. The van der Waals surface area contributed by atoms with Crippen molar-refractivity contribution in [2.45, 2.75) is 25.4 Å². The highest BCUT2D eigenvalue weighted by molar-refractivity contribution is 6.31. The van der Waals surface area contributed by atoms with Crippen molar-refractivity contribution in [1.82, 2.24) is 10.9 Å². The van der Waals surface area contributed by atoms with Crippen LogP contribution in [0.4, 0.5) is 5.69 Å². The van der Waals surface area contributed by atoms with Crippen molar-refractivity contribution in [3.63, 3.8) is 0 Å². The van der Waals surface area contributed by atoms with Crippen LogP contribution in [0.5, 0.6) is 11.5 Å². The molecule has 0 aromatic heterocycles. The van der Waals surface area contributed by atoms with Crippen LogP contribution in [-0.4, -0.2) is 24.2 Å². The molecule has 0 bridgehead atoms. The summed E-state index contributed by atoms with van der Waals surface area (Å²) in [4.78, 5) is 12.5. The van der Waals surface area contributed by atoms with Gasteiger partial charge in [0.05, 0.1) is 13.2 Å². The zero-order valence-corrected chi connectivity index (χ0v) is 14.7. The van der Waals surface area contributed by atoms with Gasteiger partial charge in [0.15, 0.2) is 0 Å². The Hall–Kier alpha value is -2.28. The number of aryl methyl sites for hydroxylation is 1. The average molecular weight is 362 g/mol. The Bertz CT molecular complexity index is 797. The Balaban J connectivity index is 1.68. The molecule has 0 aliphatic carbocycles. The lowest BCUT2D eigenvalue weighted by atomic mass is 9.99. The van der Waals surface area contributed by atoms with Crippen LogP contribution in [0.25, 0.3) is 0 Å². The molecule has 7 heteroatoms. The highest BCUT2D eigenvalue weighted by atomic mass is 35.5. The van der Waals surface area contributed by atoms with Crippen LogP contribution >= 0.6 is 11.6 Å². The fraction of sp³-hybridized carbons (Fsp3) is 0.278. The molecule has 25 heavy (non-hydrogen) atoms. The molecule has 0 spiro atoms. The van der Waals surface area contributed by atoms with E-state index < -0.39 is 6.04 Å². The van der Waals surface area contributed by atoms with Crippen LogP contribution in [0.3, 0.4) is 0 Å². The fourth-order valence-corrected chi connectivity index (χ4v) is 3.00. The molecule has 2 unspecified atom stereocenters. The zero-order chi connectivity index (χ0) is 18.0. The van der Waals surface area contributed by atoms with Crippen molar-refractivity contribution >= 4 is 23.2 Å². The Labute approximate surface area is 151 Å². The Kier molecular flexibility index (Phi) is 5.13. The number of rotatable bonds is 4. The normalized spacial score (nSPS) is 19.6. The van der Waals surface area contributed by atoms with Crippen molar-refractivity contribution in [3.8, 4) is 11.5 Å². The third-order valence-electron chi connectivity index (χ3n) is 4.24. The van der Waals surface area contributed by atoms with Crippen molar-refractivity contribution in [2.24, 2.45) is 0 Å². The van der Waals surface area contributed by atoms with Crippen LogP contribution in [0, 0.1) is 6.92 Å². The smallest absolute Gasteiger partial charge is 0.242 e. The summed E-state index contributed by atoms with van der Waals surface area (Å²) in [6.45, 7) is 1.83. The van der Waals surface area contributed by atoms with E-state index in [4.69, 9.17) is 16.3 Å². The molecule has 6 nitrogen and oxygen atoms in total. The molecule has 132 valence electrons. The lowest BCUT2D eigenvalue weighted by molar-refractivity contribution is -0.117. The first-order valence-electron chi connectivity index (χ1n) is 7.93. The molecule has 1 fully saturated rings. The van der Waals surface area contributed by atoms with Crippen molar-refractivity contribution < 1.29 is 14.6 Å². The van der Waals surface area contributed by atoms with Gasteiger partial charge in [0.25, 0.3) is 0 Å². The van der Waals surface area contributed by atoms with Gasteiger partial charge in [0.1, 0.15) is 17.5 Å². The van der Waals surface area contributed by atoms with Gasteiger partial charge in [-0.1, -0.05) is 17.7 Å². The van der Waals surface area contributed by atoms with E-state index in [1.165, 1.54) is 0 Å². The van der Waals surface area contributed by atoms with Crippen molar-refractivity contribution in [3.05, 3.63) is 52.5 Å². The number of anilines is 1. The number of methoxy groups -OCH3 is 1. The van der Waals surface area contributed by atoms with Gasteiger partial charge in [0.2, 0.25) is 5.91 Å². The quantitative estimate of drug-likeness (QED) is 0.673. The number of hydrogen-bond donors (Lipinski definition) is 4. The maximum absolute atomic E-state index is 12.5. The maximum atomic E-state index is 12.5. The molecular formula is C18H20ClN3O3. The van der Waals surface area contributed by atoms with Crippen LogP contribution < -0.4 is 20.9 Å². The standard InChI is InChI=1S/C18H20ClN3O3/c1-10-6-17(23)13(8-14(10)19)15-9-16(22-21-15)18(24)20-11-4-3-5-12(7-11)25-2/h3-8,15-16,21-23H,9H2,1-2H3,(H,20,24). The zero-order valence-electron chi connectivity index (χ0n) is 14.0. The summed E-state index contributed by atoms with van der Waals surface area (Å²) in [6.07, 6.45) is 0.489. The van der Waals surface area contributed by atoms with E-state index in [2.05, 4.69) is 16.2 Å². The minimum Gasteiger partial charge on any atom is -0.508 e. The molecule has 1 heterocycles. The van der Waals surface area contributed by atoms with E-state index in [1.807, 2.05) is 19.1 Å². The molecule has 2 aromatic rings. The van der Waals surface area contributed by atoms with Gasteiger partial charge in [-0.3, -0.25) is 4.79 Å². The monoisotopic (exact) mass is 361 g/mol. The molecule has 1 aliphatic rings. The van der Waals surface area contributed by atoms with Gasteiger partial charge >= 0.3 is 0 Å². The van der Waals surface area contributed by atoms with E-state index in [9.17, 15) is 9.90 Å². The van der Waals surface area contributed by atoms with E-state index in [0.717, 1.165) is 5.56 Å². The second kappa shape index (κ2) is 7.31. The largest absolute Gasteiger partial charge is 0.508 e. The number of amides is 1. The molecule has 3 rings (SSSR count). The van der Waals surface area contributed by atoms with Gasteiger partial charge < -0.3 is 15.2 Å². The molecule has 2 atom stereocenters. The number of halogens is 1. The van der Waals surface area contributed by atoms with E-state index in [0.29, 0.717) is 28.4 Å². The Morgan fingerprint density at radius 1 is 1.32 bits per heavy atom. The highest BCUT2D eigenvalue weighted by Gasteiger charge is 2.31. The number of carbonyl (C=O) groups excluding carboxylic acids is 1. The number of aromatic hydroxyl groups is 1. The third kappa shape index (κ3) is 3.87. The van der Waals surface area contributed by atoms with Gasteiger partial charge in [-0.2, -0.15) is 0 Å². The second-order valence-electron chi connectivity index (χ2n) is 6.01. The summed E-state index contributed by atoms with van der Waals surface area (Å²) in [5, 5.41) is 13.6. The van der Waals surface area contributed by atoms with E-state index in [1.54, 1.807) is 31.4 Å². The topological polar surface area (TPSA) is 82.6 Å². The first-order chi connectivity index (χ1) is 12.0. The number of carbonyl (C=O) groups is 1. The lowest BCUT2D eigenvalue weighted by Gasteiger charge is -2.13. The minimum atomic E-state index is -0.435. The second-order valence-corrected chi connectivity index (χ2v) is 6.42. The third-order valence-corrected chi connectivity index (χ3v) is 4.65. The molecule has 1 aliphatic heterocycles. The number of hydrogen-bond acceptors (Lipinski definition) is 5. The van der Waals surface area contributed by atoms with Gasteiger partial charge in [0, 0.05) is 22.3 Å². The summed E-state index contributed by atoms with van der Waals surface area (Å²) in [5.41, 5.74) is 8.15. The lowest BCUT2D eigenvalue weighted by Crippen LogP contribution is -2.39. The van der Waals surface area contributed by atoms with Crippen LogP contribution in [0.15, 0.2) is 36.4 Å². The predicted octanol–water partition coefficient (Wildman–Crippen LogP) is 2.91. The Morgan fingerprint density at radius 2 is 2.12 bits per heavy atom. The van der Waals surface area contributed by atoms with Crippen molar-refractivity contribution in [2.75, 3.05) is 12.4 Å². The molecule has 0 radical (unpaired) electrons. The van der Waals surface area contributed by atoms with Crippen LogP contribution in [0.1, 0.15) is 23.6 Å². The average Bonchev–Trinajstić information content (AvgIpc) is 3.08. The first kappa shape index (κ1) is 17.5. The predicted molar refractivity (Wildman–Crippen MR) is 96.9 cm³/mol. The number of ether oxygens (including phenoxy) is 1. The molecule has 1 saturated heterocycles. The molecular weight excluding hydrogens is 342 g/mol. The molecule has 2 aromatic carbocycles. The first-order valence-corrected chi connectivity index (χ1v) is 8.30. The molecule has 1 amide bonds. The van der Waals surface area contributed by atoms with Crippen molar-refractivity contribution in [1.29, 1.82) is 0 Å². The number of benzene rings is 2. The fourth-order valence-electron chi connectivity index (χ4n) is 2.82. The summed E-state index contributed by atoms with van der Waals surface area (Å²) in [6, 6.07) is 9.89. The number of nitrogens with one attached hydrogen (secondary N) is 3. The van der Waals surface area contributed by atoms with Gasteiger partial charge in [-0.15, -0.1) is 0 Å². The number of phenolic OH excluding ortho intramolecular Hbond substituents is 1. The molecule has 0 saturated carbocycles. The van der Waals surface area contributed by atoms with Crippen LogP contribution in [0.2, 0.25) is 5.02 Å². The summed E-state index contributed by atoms with van der Waals surface area (Å²) >= 11 is 6.15. The maximum Gasteiger partial charge on any atom is 0.242 e. The van der Waals surface area contributed by atoms with E-state index >= 15 is 0 Å². The highest BCUT2D eigenvalue weighted by Crippen LogP contribution is 2.33. The summed E-state index contributed by atoms with van der Waals surface area (Å²) < 4.78 is 5.15. The van der Waals surface area contributed by atoms with Crippen LogP contribution in [-0.2, 0) is 4.79 Å². The Morgan fingerprint density at radius 3 is 2.88 bits per heavy atom. The SMILES string of the molecule is COc1cccc(NC(=O)C2CC(c3cc(Cl)c(C)cc3O)NN2)c1. The summed E-state index contributed by atoms with van der Waals surface area (Å²) in [5.74, 6) is 0.670. The number of phenols is 1.